The summed E-state index contributed by atoms with van der Waals surface area (Å²) in [5.41, 5.74) is 1.97. The van der Waals surface area contributed by atoms with Gasteiger partial charge in [-0.05, 0) is 12.5 Å². The first kappa shape index (κ1) is 17.9. The molecule has 8 heteroatoms. The summed E-state index contributed by atoms with van der Waals surface area (Å²) in [6.45, 7) is 3.11. The minimum atomic E-state index is -0.425. The number of fused-ring (bicyclic) bond motifs is 1. The monoisotopic (exact) mass is 358 g/mol. The van der Waals surface area contributed by atoms with Gasteiger partial charge in [-0.25, -0.2) is 4.79 Å². The Labute approximate surface area is 150 Å². The molecule has 0 atom stereocenters. The molecule has 0 amide bonds. The van der Waals surface area contributed by atoms with Crippen molar-refractivity contribution in [3.63, 3.8) is 0 Å². The molecule has 138 valence electrons. The summed E-state index contributed by atoms with van der Waals surface area (Å²) in [6, 6.07) is 8.29. The molecule has 0 bridgehead atoms. The number of imidazole rings is 1. The van der Waals surface area contributed by atoms with Gasteiger partial charge in [-0.2, -0.15) is 4.98 Å². The Morgan fingerprint density at radius 3 is 2.38 bits per heavy atom. The van der Waals surface area contributed by atoms with Crippen LogP contribution in [0.5, 0.6) is 6.01 Å². The quantitative estimate of drug-likeness (QED) is 0.610. The predicted octanol–water partition coefficient (Wildman–Crippen LogP) is 0.816. The topological polar surface area (TPSA) is 80.3 Å². The Hall–Kier alpha value is -2.87. The van der Waals surface area contributed by atoms with Crippen LogP contribution in [-0.2, 0) is 25.4 Å². The number of aryl methyl sites for hydroxylation is 2. The molecule has 0 fully saturated rings. The molecule has 0 saturated carbocycles. The van der Waals surface area contributed by atoms with Crippen molar-refractivity contribution in [2.45, 2.75) is 13.5 Å². The number of aromatic nitrogens is 4. The zero-order valence-corrected chi connectivity index (χ0v) is 15.4. The molecule has 8 nitrogen and oxygen atoms in total. The molecule has 2 heterocycles. The predicted molar refractivity (Wildman–Crippen MR) is 97.9 cm³/mol. The molecule has 0 saturated heterocycles. The first-order valence-corrected chi connectivity index (χ1v) is 8.27. The first-order chi connectivity index (χ1) is 12.4. The summed E-state index contributed by atoms with van der Waals surface area (Å²) in [6.07, 6.45) is 0. The zero-order chi connectivity index (χ0) is 18.8. The van der Waals surface area contributed by atoms with E-state index < -0.39 is 11.2 Å². The lowest BCUT2D eigenvalue weighted by molar-refractivity contribution is 0.139. The van der Waals surface area contributed by atoms with Crippen LogP contribution in [-0.4, -0.2) is 39.0 Å². The third-order valence-corrected chi connectivity index (χ3v) is 4.29. The molecule has 0 unspecified atom stereocenters. The number of rotatable bonds is 6. The number of hydrogen-bond donors (Lipinski definition) is 0. The summed E-state index contributed by atoms with van der Waals surface area (Å²) in [7, 11) is 4.63. The molecule has 26 heavy (non-hydrogen) atoms. The van der Waals surface area contributed by atoms with Crippen LogP contribution in [0.15, 0.2) is 33.9 Å². The molecule has 0 aliphatic heterocycles. The Balaban J connectivity index is 2.19. The molecule has 0 aliphatic rings. The first-order valence-electron chi connectivity index (χ1n) is 8.27. The standard InChI is InChI=1S/C18H22N4O4/c1-12-5-7-13(8-6-12)11-22-14-15(19-17(22)26-10-9-25-4)20(2)18(24)21(3)16(14)23/h5-8H,9-11H2,1-4H3. The van der Waals surface area contributed by atoms with E-state index in [2.05, 4.69) is 4.98 Å². The number of benzene rings is 1. The minimum Gasteiger partial charge on any atom is -0.462 e. The Morgan fingerprint density at radius 1 is 1.04 bits per heavy atom. The highest BCUT2D eigenvalue weighted by Crippen LogP contribution is 2.20. The van der Waals surface area contributed by atoms with Gasteiger partial charge in [0.05, 0.1) is 13.2 Å². The fourth-order valence-corrected chi connectivity index (χ4v) is 2.78. The summed E-state index contributed by atoms with van der Waals surface area (Å²) in [5.74, 6) is 0. The van der Waals surface area contributed by atoms with Crippen molar-refractivity contribution in [3.05, 3.63) is 56.2 Å². The van der Waals surface area contributed by atoms with E-state index in [1.165, 1.54) is 11.6 Å². The van der Waals surface area contributed by atoms with E-state index in [1.807, 2.05) is 31.2 Å². The Morgan fingerprint density at radius 2 is 1.73 bits per heavy atom. The maximum atomic E-state index is 12.7. The second-order valence-electron chi connectivity index (χ2n) is 6.19. The van der Waals surface area contributed by atoms with E-state index >= 15 is 0 Å². The number of methoxy groups -OCH3 is 1. The van der Waals surface area contributed by atoms with Crippen molar-refractivity contribution in [1.29, 1.82) is 0 Å². The van der Waals surface area contributed by atoms with E-state index in [0.29, 0.717) is 30.9 Å². The van der Waals surface area contributed by atoms with Gasteiger partial charge in [0.25, 0.3) is 11.6 Å². The van der Waals surface area contributed by atoms with Crippen LogP contribution >= 0.6 is 0 Å². The average molecular weight is 358 g/mol. The van der Waals surface area contributed by atoms with Gasteiger partial charge in [-0.1, -0.05) is 29.8 Å². The second-order valence-corrected chi connectivity index (χ2v) is 6.19. The average Bonchev–Trinajstić information content (AvgIpc) is 2.99. The van der Waals surface area contributed by atoms with Crippen LogP contribution in [0.2, 0.25) is 0 Å². The molecule has 0 radical (unpaired) electrons. The van der Waals surface area contributed by atoms with Crippen LogP contribution in [0.1, 0.15) is 11.1 Å². The van der Waals surface area contributed by atoms with Crippen LogP contribution < -0.4 is 16.0 Å². The van der Waals surface area contributed by atoms with E-state index in [9.17, 15) is 9.59 Å². The van der Waals surface area contributed by atoms with Gasteiger partial charge in [0.2, 0.25) is 0 Å². The molecule has 0 aliphatic carbocycles. The van der Waals surface area contributed by atoms with Crippen molar-refractivity contribution >= 4 is 11.2 Å². The minimum absolute atomic E-state index is 0.288. The van der Waals surface area contributed by atoms with Crippen molar-refractivity contribution in [2.75, 3.05) is 20.3 Å². The smallest absolute Gasteiger partial charge is 0.332 e. The zero-order valence-electron chi connectivity index (χ0n) is 15.4. The normalized spacial score (nSPS) is 11.2. The maximum Gasteiger partial charge on any atom is 0.332 e. The molecule has 0 N–H and O–H groups in total. The Bertz CT molecular complexity index is 1040. The van der Waals surface area contributed by atoms with Gasteiger partial charge >= 0.3 is 5.69 Å². The summed E-state index contributed by atoms with van der Waals surface area (Å²) < 4.78 is 14.9. The third-order valence-electron chi connectivity index (χ3n) is 4.29. The van der Waals surface area contributed by atoms with Gasteiger partial charge in [0.15, 0.2) is 11.2 Å². The number of nitrogens with zero attached hydrogens (tertiary/aromatic N) is 4. The highest BCUT2D eigenvalue weighted by Gasteiger charge is 2.20. The largest absolute Gasteiger partial charge is 0.462 e. The van der Waals surface area contributed by atoms with Crippen molar-refractivity contribution in [3.8, 4) is 6.01 Å². The van der Waals surface area contributed by atoms with Gasteiger partial charge in [0, 0.05) is 21.2 Å². The summed E-state index contributed by atoms with van der Waals surface area (Å²) >= 11 is 0. The second kappa shape index (κ2) is 7.17. The van der Waals surface area contributed by atoms with Crippen LogP contribution in [0.3, 0.4) is 0 Å². The summed E-state index contributed by atoms with van der Waals surface area (Å²) in [4.78, 5) is 29.3. The lowest BCUT2D eigenvalue weighted by Crippen LogP contribution is -2.37. The highest BCUT2D eigenvalue weighted by atomic mass is 16.5. The molecule has 0 spiro atoms. The molecule has 3 rings (SSSR count). The Kier molecular flexibility index (Phi) is 4.94. The van der Waals surface area contributed by atoms with E-state index in [0.717, 1.165) is 15.7 Å². The van der Waals surface area contributed by atoms with Crippen molar-refractivity contribution in [1.82, 2.24) is 18.7 Å². The van der Waals surface area contributed by atoms with E-state index in [4.69, 9.17) is 9.47 Å². The van der Waals surface area contributed by atoms with Crippen LogP contribution in [0.4, 0.5) is 0 Å². The van der Waals surface area contributed by atoms with Crippen molar-refractivity contribution < 1.29 is 9.47 Å². The molecular formula is C18H22N4O4. The number of hydrogen-bond acceptors (Lipinski definition) is 5. The number of ether oxygens (including phenoxy) is 2. The fourth-order valence-electron chi connectivity index (χ4n) is 2.78. The third kappa shape index (κ3) is 3.15. The van der Waals surface area contributed by atoms with Gasteiger partial charge in [0.1, 0.15) is 6.61 Å². The lowest BCUT2D eigenvalue weighted by atomic mass is 10.1. The highest BCUT2D eigenvalue weighted by molar-refractivity contribution is 5.72. The van der Waals surface area contributed by atoms with E-state index in [-0.39, 0.29) is 6.01 Å². The fraction of sp³-hybridized carbons (Fsp3) is 0.389. The lowest BCUT2D eigenvalue weighted by Gasteiger charge is -2.10. The van der Waals surface area contributed by atoms with Gasteiger partial charge < -0.3 is 9.47 Å². The maximum absolute atomic E-state index is 12.7. The molecule has 1 aromatic carbocycles. The summed E-state index contributed by atoms with van der Waals surface area (Å²) in [5, 5.41) is 0. The van der Waals surface area contributed by atoms with Crippen molar-refractivity contribution in [2.24, 2.45) is 14.1 Å². The van der Waals surface area contributed by atoms with Crippen LogP contribution in [0.25, 0.3) is 11.2 Å². The SMILES string of the molecule is COCCOc1nc2c(c(=O)n(C)c(=O)n2C)n1Cc1ccc(C)cc1. The van der Waals surface area contributed by atoms with E-state index in [1.54, 1.807) is 18.7 Å². The van der Waals surface area contributed by atoms with Gasteiger partial charge in [-0.3, -0.25) is 18.5 Å². The molecular weight excluding hydrogens is 336 g/mol. The van der Waals surface area contributed by atoms with Crippen LogP contribution in [0, 0.1) is 6.92 Å². The van der Waals surface area contributed by atoms with Gasteiger partial charge in [-0.15, -0.1) is 0 Å². The molecule has 3 aromatic rings. The molecule has 2 aromatic heterocycles.